The second-order valence-corrected chi connectivity index (χ2v) is 4.63. The van der Waals surface area contributed by atoms with Gasteiger partial charge in [0.2, 0.25) is 11.6 Å². The van der Waals surface area contributed by atoms with Crippen LogP contribution >= 0.6 is 0 Å². The van der Waals surface area contributed by atoms with Gasteiger partial charge in [-0.15, -0.1) is 0 Å². The molecular formula is C13H23N5O3. The zero-order valence-corrected chi connectivity index (χ0v) is 13.0. The van der Waals surface area contributed by atoms with Crippen LogP contribution in [-0.4, -0.2) is 47.7 Å². The van der Waals surface area contributed by atoms with E-state index in [9.17, 15) is 10.1 Å². The molecule has 1 rings (SSSR count). The number of nitro groups is 1. The molecule has 0 radical (unpaired) electrons. The summed E-state index contributed by atoms with van der Waals surface area (Å²) in [6, 6.07) is 0.114. The molecule has 0 bridgehead atoms. The topological polar surface area (TPSA) is 93.4 Å². The third-order valence-electron chi connectivity index (χ3n) is 3.26. The summed E-state index contributed by atoms with van der Waals surface area (Å²) in [6.07, 6.45) is 2.20. The Bertz CT molecular complexity index is 469. The molecule has 1 heterocycles. The Hall–Kier alpha value is -1.96. The highest BCUT2D eigenvalue weighted by Crippen LogP contribution is 2.32. The van der Waals surface area contributed by atoms with Gasteiger partial charge in [-0.25, -0.2) is 9.97 Å². The van der Waals surface area contributed by atoms with Gasteiger partial charge in [0.15, 0.2) is 0 Å². The van der Waals surface area contributed by atoms with Crippen LogP contribution in [0.2, 0.25) is 0 Å². The third kappa shape index (κ3) is 4.25. The molecule has 118 valence electrons. The van der Waals surface area contributed by atoms with Gasteiger partial charge in [-0.05, 0) is 20.3 Å². The maximum Gasteiger partial charge on any atom is 0.353 e. The van der Waals surface area contributed by atoms with E-state index in [4.69, 9.17) is 4.74 Å². The summed E-state index contributed by atoms with van der Waals surface area (Å²) in [4.78, 5) is 21.0. The second kappa shape index (κ2) is 8.35. The minimum absolute atomic E-state index is 0.0873. The smallest absolute Gasteiger partial charge is 0.353 e. The quantitative estimate of drug-likeness (QED) is 0.550. The molecule has 1 atom stereocenters. The van der Waals surface area contributed by atoms with Crippen molar-refractivity contribution in [3.8, 4) is 0 Å². The van der Waals surface area contributed by atoms with E-state index >= 15 is 0 Å². The fourth-order valence-corrected chi connectivity index (χ4v) is 1.99. The molecule has 0 aromatic carbocycles. The number of hydrogen-bond acceptors (Lipinski definition) is 7. The summed E-state index contributed by atoms with van der Waals surface area (Å²) in [7, 11) is 1.60. The fraction of sp³-hybridized carbons (Fsp3) is 0.692. The van der Waals surface area contributed by atoms with Gasteiger partial charge < -0.3 is 15.0 Å². The number of anilines is 2. The van der Waals surface area contributed by atoms with Crippen LogP contribution in [0, 0.1) is 10.1 Å². The van der Waals surface area contributed by atoms with Gasteiger partial charge in [-0.3, -0.25) is 10.1 Å². The van der Waals surface area contributed by atoms with E-state index in [0.717, 1.165) is 6.42 Å². The molecule has 0 fully saturated rings. The van der Waals surface area contributed by atoms with E-state index in [1.165, 1.54) is 6.33 Å². The number of methoxy groups -OCH3 is 1. The van der Waals surface area contributed by atoms with Crippen LogP contribution < -0.4 is 10.2 Å². The van der Waals surface area contributed by atoms with Crippen LogP contribution in [0.3, 0.4) is 0 Å². The summed E-state index contributed by atoms with van der Waals surface area (Å²) in [5.41, 5.74) is -0.0873. The molecule has 0 saturated heterocycles. The highest BCUT2D eigenvalue weighted by Gasteiger charge is 2.28. The lowest BCUT2D eigenvalue weighted by Gasteiger charge is -2.29. The molecule has 1 aromatic heterocycles. The monoisotopic (exact) mass is 297 g/mol. The second-order valence-electron chi connectivity index (χ2n) is 4.63. The van der Waals surface area contributed by atoms with Crippen LogP contribution in [0.5, 0.6) is 0 Å². The predicted octanol–water partition coefficient (Wildman–Crippen LogP) is 2.07. The van der Waals surface area contributed by atoms with Gasteiger partial charge in [0.1, 0.15) is 6.33 Å². The van der Waals surface area contributed by atoms with Gasteiger partial charge in [-0.2, -0.15) is 0 Å². The first kappa shape index (κ1) is 17.1. The lowest BCUT2D eigenvalue weighted by Crippen LogP contribution is -2.36. The van der Waals surface area contributed by atoms with Crippen LogP contribution in [0.1, 0.15) is 27.2 Å². The lowest BCUT2D eigenvalue weighted by atomic mass is 10.2. The Balaban J connectivity index is 3.28. The highest BCUT2D eigenvalue weighted by atomic mass is 16.6. The van der Waals surface area contributed by atoms with Gasteiger partial charge in [0.25, 0.3) is 0 Å². The van der Waals surface area contributed by atoms with E-state index in [-0.39, 0.29) is 17.5 Å². The zero-order chi connectivity index (χ0) is 15.8. The van der Waals surface area contributed by atoms with Crippen LogP contribution in [0.15, 0.2) is 6.33 Å². The van der Waals surface area contributed by atoms with Crippen molar-refractivity contribution in [1.29, 1.82) is 0 Å². The summed E-state index contributed by atoms with van der Waals surface area (Å²) < 4.78 is 5.10. The van der Waals surface area contributed by atoms with Crippen LogP contribution in [0.4, 0.5) is 17.3 Å². The van der Waals surface area contributed by atoms with Crippen molar-refractivity contribution in [1.82, 2.24) is 9.97 Å². The summed E-state index contributed by atoms with van der Waals surface area (Å²) in [5, 5.41) is 14.3. The Morgan fingerprint density at radius 3 is 2.71 bits per heavy atom. The van der Waals surface area contributed by atoms with Crippen LogP contribution in [-0.2, 0) is 4.74 Å². The lowest BCUT2D eigenvalue weighted by molar-refractivity contribution is -0.383. The number of rotatable bonds is 9. The minimum atomic E-state index is -0.435. The molecule has 0 saturated carbocycles. The molecule has 0 aliphatic heterocycles. The van der Waals surface area contributed by atoms with Crippen molar-refractivity contribution in [2.75, 3.05) is 37.0 Å². The minimum Gasteiger partial charge on any atom is -0.383 e. The number of nitrogens with one attached hydrogen (secondary N) is 1. The van der Waals surface area contributed by atoms with Crippen molar-refractivity contribution in [3.05, 3.63) is 16.4 Å². The molecule has 0 aliphatic carbocycles. The molecule has 1 aromatic rings. The summed E-state index contributed by atoms with van der Waals surface area (Å²) in [5.74, 6) is 0.579. The normalized spacial score (nSPS) is 12.0. The molecule has 0 amide bonds. The molecular weight excluding hydrogens is 274 g/mol. The standard InChI is InChI=1S/C13H23N5O3/c1-5-10(3)17(7-8-21-4)13-11(18(19)20)12(14-6-2)15-9-16-13/h9-10H,5-8H2,1-4H3,(H,14,15,16). The number of nitrogens with zero attached hydrogens (tertiary/aromatic N) is 4. The van der Waals surface area contributed by atoms with Crippen molar-refractivity contribution in [3.63, 3.8) is 0 Å². The largest absolute Gasteiger partial charge is 0.383 e. The molecule has 8 nitrogen and oxygen atoms in total. The van der Waals surface area contributed by atoms with Crippen molar-refractivity contribution >= 4 is 17.3 Å². The first-order valence-electron chi connectivity index (χ1n) is 7.05. The van der Waals surface area contributed by atoms with Crippen molar-refractivity contribution < 1.29 is 9.66 Å². The third-order valence-corrected chi connectivity index (χ3v) is 3.26. The highest BCUT2D eigenvalue weighted by molar-refractivity contribution is 5.70. The van der Waals surface area contributed by atoms with Crippen molar-refractivity contribution in [2.45, 2.75) is 33.2 Å². The summed E-state index contributed by atoms with van der Waals surface area (Å²) >= 11 is 0. The Labute approximate surface area is 124 Å². The SMILES string of the molecule is CCNc1ncnc(N(CCOC)C(C)CC)c1[N+](=O)[O-]. The van der Waals surface area contributed by atoms with Gasteiger partial charge in [0.05, 0.1) is 11.5 Å². The Morgan fingerprint density at radius 2 is 2.19 bits per heavy atom. The number of hydrogen-bond donors (Lipinski definition) is 1. The van der Waals surface area contributed by atoms with E-state index < -0.39 is 4.92 Å². The zero-order valence-electron chi connectivity index (χ0n) is 13.0. The molecule has 0 aliphatic rings. The number of ether oxygens (including phenoxy) is 1. The first-order valence-corrected chi connectivity index (χ1v) is 7.05. The van der Waals surface area contributed by atoms with Gasteiger partial charge in [-0.1, -0.05) is 6.92 Å². The molecule has 0 spiro atoms. The average Bonchev–Trinajstić information content (AvgIpc) is 2.47. The van der Waals surface area contributed by atoms with E-state index in [2.05, 4.69) is 15.3 Å². The first-order chi connectivity index (χ1) is 10.1. The Kier molecular flexibility index (Phi) is 6.80. The van der Waals surface area contributed by atoms with Gasteiger partial charge >= 0.3 is 5.69 Å². The fourth-order valence-electron chi connectivity index (χ4n) is 1.99. The molecule has 8 heteroatoms. The Morgan fingerprint density at radius 1 is 1.48 bits per heavy atom. The van der Waals surface area contributed by atoms with E-state index in [1.807, 2.05) is 25.7 Å². The van der Waals surface area contributed by atoms with Crippen LogP contribution in [0.25, 0.3) is 0 Å². The number of aromatic nitrogens is 2. The van der Waals surface area contributed by atoms with Gasteiger partial charge in [0, 0.05) is 26.2 Å². The summed E-state index contributed by atoms with van der Waals surface area (Å²) in [6.45, 7) is 7.47. The molecule has 1 N–H and O–H groups in total. The van der Waals surface area contributed by atoms with E-state index in [1.54, 1.807) is 7.11 Å². The molecule has 21 heavy (non-hydrogen) atoms. The maximum atomic E-state index is 11.4. The maximum absolute atomic E-state index is 11.4. The van der Waals surface area contributed by atoms with Crippen molar-refractivity contribution in [2.24, 2.45) is 0 Å². The average molecular weight is 297 g/mol. The predicted molar refractivity (Wildman–Crippen MR) is 81.8 cm³/mol. The molecule has 1 unspecified atom stereocenters. The van der Waals surface area contributed by atoms with E-state index in [0.29, 0.717) is 25.5 Å².